The SMILES string of the molecule is N=C=CCCCCNc1cccc2c1C(=O)N(C1CCC(=O)NC1=O)C2=O. The number of nitrogens with one attached hydrogen (secondary N) is 3. The molecule has 2 aliphatic heterocycles. The third-order valence-electron chi connectivity index (χ3n) is 4.66. The molecule has 1 aromatic rings. The fraction of sp³-hybridized carbons (Fsp3) is 0.368. The van der Waals surface area contributed by atoms with E-state index in [0.29, 0.717) is 12.2 Å². The zero-order valence-corrected chi connectivity index (χ0v) is 14.7. The van der Waals surface area contributed by atoms with E-state index in [0.717, 1.165) is 24.2 Å². The minimum absolute atomic E-state index is 0.0963. The van der Waals surface area contributed by atoms with Crippen molar-refractivity contribution in [3.8, 4) is 0 Å². The number of carbonyl (C=O) groups excluding carboxylic acids is 4. The molecule has 27 heavy (non-hydrogen) atoms. The highest BCUT2D eigenvalue weighted by Gasteiger charge is 2.45. The first kappa shape index (κ1) is 18.5. The highest BCUT2D eigenvalue weighted by molar-refractivity contribution is 6.25. The number of allylic oxidation sites excluding steroid dienone is 1. The Labute approximate surface area is 156 Å². The van der Waals surface area contributed by atoms with Crippen LogP contribution in [0.5, 0.6) is 0 Å². The molecule has 1 aromatic carbocycles. The monoisotopic (exact) mass is 368 g/mol. The van der Waals surface area contributed by atoms with Crippen molar-refractivity contribution in [1.29, 1.82) is 5.41 Å². The minimum atomic E-state index is -0.962. The normalized spacial score (nSPS) is 18.8. The van der Waals surface area contributed by atoms with Crippen molar-refractivity contribution in [3.05, 3.63) is 35.4 Å². The number of piperidine rings is 1. The fourth-order valence-corrected chi connectivity index (χ4v) is 3.33. The van der Waals surface area contributed by atoms with Gasteiger partial charge >= 0.3 is 0 Å². The van der Waals surface area contributed by atoms with E-state index in [1.807, 2.05) is 0 Å². The standard InChI is InChI=1S/C19H20N4O4/c20-10-3-1-2-4-11-21-13-7-5-6-12-16(13)19(27)23(18(12)26)14-8-9-15(24)22-17(14)25/h3,5-7,14,20-21H,1-2,4,8-9,11H2,(H,22,24,25). The molecule has 0 radical (unpaired) electrons. The van der Waals surface area contributed by atoms with E-state index in [2.05, 4.69) is 16.5 Å². The van der Waals surface area contributed by atoms with E-state index < -0.39 is 29.7 Å². The van der Waals surface area contributed by atoms with Crippen molar-refractivity contribution in [2.24, 2.45) is 0 Å². The van der Waals surface area contributed by atoms with Crippen LogP contribution in [0.1, 0.15) is 52.8 Å². The molecule has 2 aliphatic rings. The lowest BCUT2D eigenvalue weighted by Crippen LogP contribution is -2.54. The average Bonchev–Trinajstić information content (AvgIpc) is 2.90. The molecule has 3 rings (SSSR count). The quantitative estimate of drug-likeness (QED) is 0.382. The second-order valence-electron chi connectivity index (χ2n) is 6.45. The number of amides is 4. The summed E-state index contributed by atoms with van der Waals surface area (Å²) in [6.07, 6.45) is 4.36. The lowest BCUT2D eigenvalue weighted by Gasteiger charge is -2.27. The zero-order valence-electron chi connectivity index (χ0n) is 14.7. The lowest BCUT2D eigenvalue weighted by atomic mass is 10.0. The smallest absolute Gasteiger partial charge is 0.264 e. The highest BCUT2D eigenvalue weighted by Crippen LogP contribution is 2.32. The van der Waals surface area contributed by atoms with Crippen LogP contribution in [0, 0.1) is 5.41 Å². The molecule has 140 valence electrons. The summed E-state index contributed by atoms with van der Waals surface area (Å²) in [6.45, 7) is 0.613. The Kier molecular flexibility index (Phi) is 5.47. The van der Waals surface area contributed by atoms with Gasteiger partial charge in [0.15, 0.2) is 0 Å². The average molecular weight is 368 g/mol. The van der Waals surface area contributed by atoms with Crippen molar-refractivity contribution in [2.45, 2.75) is 38.1 Å². The second-order valence-corrected chi connectivity index (χ2v) is 6.45. The first-order chi connectivity index (χ1) is 13.0. The zero-order chi connectivity index (χ0) is 19.4. The van der Waals surface area contributed by atoms with Gasteiger partial charge in [-0.25, -0.2) is 0 Å². The molecule has 1 unspecified atom stereocenters. The maximum Gasteiger partial charge on any atom is 0.264 e. The summed E-state index contributed by atoms with van der Waals surface area (Å²) < 4.78 is 0. The molecule has 8 heteroatoms. The Balaban J connectivity index is 1.75. The molecule has 0 bridgehead atoms. The molecular weight excluding hydrogens is 348 g/mol. The number of unbranched alkanes of at least 4 members (excludes halogenated alkanes) is 2. The Bertz CT molecular complexity index is 857. The molecule has 0 saturated carbocycles. The van der Waals surface area contributed by atoms with Crippen molar-refractivity contribution in [3.63, 3.8) is 0 Å². The summed E-state index contributed by atoms with van der Waals surface area (Å²) in [5.74, 6) is 0.191. The van der Waals surface area contributed by atoms with Crippen LogP contribution in [0.3, 0.4) is 0 Å². The van der Waals surface area contributed by atoms with Crippen LogP contribution < -0.4 is 10.6 Å². The Morgan fingerprint density at radius 2 is 2.04 bits per heavy atom. The van der Waals surface area contributed by atoms with Gasteiger partial charge < -0.3 is 5.32 Å². The van der Waals surface area contributed by atoms with E-state index in [1.165, 1.54) is 0 Å². The Morgan fingerprint density at radius 1 is 1.22 bits per heavy atom. The topological polar surface area (TPSA) is 119 Å². The molecule has 8 nitrogen and oxygen atoms in total. The van der Waals surface area contributed by atoms with Gasteiger partial charge in [-0.15, -0.1) is 0 Å². The number of anilines is 1. The van der Waals surface area contributed by atoms with Crippen LogP contribution in [-0.2, 0) is 9.59 Å². The minimum Gasteiger partial charge on any atom is -0.384 e. The fourth-order valence-electron chi connectivity index (χ4n) is 3.33. The van der Waals surface area contributed by atoms with Gasteiger partial charge in [0.2, 0.25) is 11.8 Å². The van der Waals surface area contributed by atoms with Crippen LogP contribution in [0.15, 0.2) is 24.3 Å². The van der Waals surface area contributed by atoms with Gasteiger partial charge in [0.1, 0.15) is 6.04 Å². The number of imide groups is 2. The van der Waals surface area contributed by atoms with Crippen LogP contribution >= 0.6 is 0 Å². The van der Waals surface area contributed by atoms with Gasteiger partial charge in [-0.05, 0) is 49.8 Å². The summed E-state index contributed by atoms with van der Waals surface area (Å²) in [4.78, 5) is 50.0. The molecule has 1 atom stereocenters. The van der Waals surface area contributed by atoms with E-state index in [9.17, 15) is 19.2 Å². The summed E-state index contributed by atoms with van der Waals surface area (Å²) in [7, 11) is 0. The van der Waals surface area contributed by atoms with Gasteiger partial charge in [-0.2, -0.15) is 0 Å². The highest BCUT2D eigenvalue weighted by atomic mass is 16.2. The maximum absolute atomic E-state index is 12.9. The second kappa shape index (κ2) is 7.97. The predicted molar refractivity (Wildman–Crippen MR) is 97.8 cm³/mol. The molecule has 1 fully saturated rings. The van der Waals surface area contributed by atoms with Crippen LogP contribution in [-0.4, -0.2) is 47.0 Å². The van der Waals surface area contributed by atoms with Gasteiger partial charge in [-0.3, -0.25) is 34.8 Å². The third-order valence-corrected chi connectivity index (χ3v) is 4.66. The molecule has 1 saturated heterocycles. The largest absolute Gasteiger partial charge is 0.384 e. The number of hydrogen-bond donors (Lipinski definition) is 3. The van der Waals surface area contributed by atoms with Gasteiger partial charge in [-0.1, -0.05) is 6.07 Å². The Morgan fingerprint density at radius 3 is 2.78 bits per heavy atom. The van der Waals surface area contributed by atoms with Crippen LogP contribution in [0.2, 0.25) is 0 Å². The van der Waals surface area contributed by atoms with Gasteiger partial charge in [0.05, 0.1) is 11.1 Å². The third kappa shape index (κ3) is 3.66. The predicted octanol–water partition coefficient (Wildman–Crippen LogP) is 1.47. The van der Waals surface area contributed by atoms with Gasteiger partial charge in [0.25, 0.3) is 11.8 Å². The summed E-state index contributed by atoms with van der Waals surface area (Å²) >= 11 is 0. The Hall–Kier alpha value is -3.25. The first-order valence-electron chi connectivity index (χ1n) is 8.87. The summed E-state index contributed by atoms with van der Waals surface area (Å²) in [5, 5.41) is 12.2. The van der Waals surface area contributed by atoms with Crippen molar-refractivity contribution < 1.29 is 19.2 Å². The maximum atomic E-state index is 12.9. The molecule has 0 aromatic heterocycles. The first-order valence-corrected chi connectivity index (χ1v) is 8.87. The van der Waals surface area contributed by atoms with Crippen molar-refractivity contribution in [1.82, 2.24) is 10.2 Å². The van der Waals surface area contributed by atoms with E-state index >= 15 is 0 Å². The molecular formula is C19H20N4O4. The molecule has 3 N–H and O–H groups in total. The summed E-state index contributed by atoms with van der Waals surface area (Å²) in [6, 6.07) is 4.03. The lowest BCUT2D eigenvalue weighted by molar-refractivity contribution is -0.136. The van der Waals surface area contributed by atoms with Crippen LogP contribution in [0.4, 0.5) is 5.69 Å². The van der Waals surface area contributed by atoms with E-state index in [-0.39, 0.29) is 24.0 Å². The molecule has 4 amide bonds. The molecule has 2 heterocycles. The number of rotatable bonds is 7. The molecule has 0 spiro atoms. The number of benzene rings is 1. The van der Waals surface area contributed by atoms with Crippen molar-refractivity contribution >= 4 is 35.2 Å². The summed E-state index contributed by atoms with van der Waals surface area (Å²) in [5.41, 5.74) is 1.09. The van der Waals surface area contributed by atoms with E-state index in [4.69, 9.17) is 5.41 Å². The van der Waals surface area contributed by atoms with Crippen LogP contribution in [0.25, 0.3) is 0 Å². The number of hydrogen-bond acceptors (Lipinski definition) is 6. The molecule has 0 aliphatic carbocycles. The number of fused-ring (bicyclic) bond motifs is 1. The van der Waals surface area contributed by atoms with Crippen molar-refractivity contribution in [2.75, 3.05) is 11.9 Å². The van der Waals surface area contributed by atoms with Gasteiger partial charge in [0, 0.05) is 18.7 Å². The van der Waals surface area contributed by atoms with E-state index in [1.54, 1.807) is 24.3 Å². The number of nitrogens with zero attached hydrogens (tertiary/aromatic N) is 1. The number of carbonyl (C=O) groups is 4.